The fourth-order valence-electron chi connectivity index (χ4n) is 2.89. The van der Waals surface area contributed by atoms with Crippen LogP contribution in [0, 0.1) is 11.8 Å². The average molecular weight is 343 g/mol. The molecule has 2 rings (SSSR count). The van der Waals surface area contributed by atoms with Crippen molar-refractivity contribution in [3.63, 3.8) is 0 Å². The summed E-state index contributed by atoms with van der Waals surface area (Å²) in [6.07, 6.45) is 5.11. The number of thioether (sulfide) groups is 1. The van der Waals surface area contributed by atoms with E-state index < -0.39 is 0 Å². The van der Waals surface area contributed by atoms with Gasteiger partial charge in [-0.3, -0.25) is 4.79 Å². The first kappa shape index (κ1) is 19.3. The van der Waals surface area contributed by atoms with E-state index >= 15 is 0 Å². The second-order valence-electron chi connectivity index (χ2n) is 5.89. The van der Waals surface area contributed by atoms with Crippen molar-refractivity contribution in [2.24, 2.45) is 11.8 Å². The molecule has 1 heterocycles. The maximum absolute atomic E-state index is 12.1. The maximum Gasteiger partial charge on any atom is 0.220 e. The summed E-state index contributed by atoms with van der Waals surface area (Å²) >= 11 is 1.73. The van der Waals surface area contributed by atoms with Crippen molar-refractivity contribution < 1.29 is 4.79 Å². The summed E-state index contributed by atoms with van der Waals surface area (Å²) in [5, 5.41) is 6.42. The van der Waals surface area contributed by atoms with Crippen molar-refractivity contribution in [3.05, 3.63) is 29.8 Å². The molecule has 1 fully saturated rings. The van der Waals surface area contributed by atoms with Crippen molar-refractivity contribution in [2.45, 2.75) is 37.6 Å². The molecule has 124 valence electrons. The normalized spacial score (nSPS) is 16.6. The van der Waals surface area contributed by atoms with Crippen LogP contribution >= 0.6 is 24.2 Å². The summed E-state index contributed by atoms with van der Waals surface area (Å²) in [6.45, 7) is 5.03. The van der Waals surface area contributed by atoms with Gasteiger partial charge in [0.25, 0.3) is 0 Å². The highest BCUT2D eigenvalue weighted by atomic mass is 35.5. The van der Waals surface area contributed by atoms with Crippen LogP contribution in [0.15, 0.2) is 29.2 Å². The minimum Gasteiger partial charge on any atom is -0.352 e. The molecule has 0 aliphatic carbocycles. The van der Waals surface area contributed by atoms with Crippen LogP contribution in [0.2, 0.25) is 0 Å². The van der Waals surface area contributed by atoms with Gasteiger partial charge in [-0.15, -0.1) is 24.2 Å². The van der Waals surface area contributed by atoms with E-state index in [1.807, 2.05) is 0 Å². The van der Waals surface area contributed by atoms with Gasteiger partial charge in [0.1, 0.15) is 0 Å². The summed E-state index contributed by atoms with van der Waals surface area (Å²) in [4.78, 5) is 13.3. The number of carbonyl (C=O) groups is 1. The van der Waals surface area contributed by atoms with Gasteiger partial charge < -0.3 is 10.6 Å². The van der Waals surface area contributed by atoms with E-state index in [9.17, 15) is 4.79 Å². The minimum absolute atomic E-state index is 0. The zero-order chi connectivity index (χ0) is 15.1. The lowest BCUT2D eigenvalue weighted by Crippen LogP contribution is -2.33. The molecule has 1 aliphatic rings. The Labute approximate surface area is 144 Å². The molecule has 3 nitrogen and oxygen atoms in total. The monoisotopic (exact) mass is 342 g/mol. The molecule has 1 aromatic rings. The Morgan fingerprint density at radius 2 is 1.95 bits per heavy atom. The maximum atomic E-state index is 12.1. The second kappa shape index (κ2) is 10.1. The van der Waals surface area contributed by atoms with Gasteiger partial charge in [-0.1, -0.05) is 19.1 Å². The van der Waals surface area contributed by atoms with Crippen LogP contribution in [0.3, 0.4) is 0 Å². The number of piperidine rings is 1. The standard InChI is InChI=1S/C17H26N2OS.ClH/c1-13(15-7-9-18-10-8-15)11-17(20)19-12-14-3-5-16(21-2)6-4-14;/h3-6,13,15,18H,7-12H2,1-2H3,(H,19,20);1H. The summed E-state index contributed by atoms with van der Waals surface area (Å²) in [5.41, 5.74) is 1.16. The SMILES string of the molecule is CSc1ccc(CNC(=O)CC(C)C2CCNCC2)cc1.Cl. The number of hydrogen-bond donors (Lipinski definition) is 2. The van der Waals surface area contributed by atoms with Crippen LogP contribution in [0.4, 0.5) is 0 Å². The first-order chi connectivity index (χ1) is 10.2. The highest BCUT2D eigenvalue weighted by Crippen LogP contribution is 2.24. The van der Waals surface area contributed by atoms with Crippen LogP contribution in [-0.2, 0) is 11.3 Å². The molecule has 1 aromatic carbocycles. The fourth-order valence-corrected chi connectivity index (χ4v) is 3.30. The van der Waals surface area contributed by atoms with E-state index in [0.717, 1.165) is 18.7 Å². The predicted octanol–water partition coefficient (Wildman–Crippen LogP) is 3.47. The van der Waals surface area contributed by atoms with E-state index in [-0.39, 0.29) is 18.3 Å². The third-order valence-corrected chi connectivity index (χ3v) is 5.09. The summed E-state index contributed by atoms with van der Waals surface area (Å²) < 4.78 is 0. The first-order valence-electron chi connectivity index (χ1n) is 7.79. The molecule has 0 bridgehead atoms. The van der Waals surface area contributed by atoms with E-state index in [1.165, 1.54) is 17.7 Å². The highest BCUT2D eigenvalue weighted by molar-refractivity contribution is 7.98. The van der Waals surface area contributed by atoms with Gasteiger partial charge in [0.15, 0.2) is 0 Å². The number of hydrogen-bond acceptors (Lipinski definition) is 3. The third-order valence-electron chi connectivity index (χ3n) is 4.34. The molecular weight excluding hydrogens is 316 g/mol. The molecule has 1 atom stereocenters. The Morgan fingerprint density at radius 1 is 1.32 bits per heavy atom. The Balaban J connectivity index is 0.00000242. The van der Waals surface area contributed by atoms with Gasteiger partial charge >= 0.3 is 0 Å². The van der Waals surface area contributed by atoms with E-state index in [4.69, 9.17) is 0 Å². The molecule has 0 spiro atoms. The molecule has 2 N–H and O–H groups in total. The van der Waals surface area contributed by atoms with Crippen LogP contribution in [0.1, 0.15) is 31.7 Å². The Hall–Kier alpha value is -0.710. The molecular formula is C17H27ClN2OS. The Kier molecular flexibility index (Phi) is 8.91. The molecule has 1 aliphatic heterocycles. The quantitative estimate of drug-likeness (QED) is 0.778. The molecule has 1 amide bonds. The molecule has 0 saturated carbocycles. The molecule has 0 aromatic heterocycles. The number of amides is 1. The lowest BCUT2D eigenvalue weighted by molar-refractivity contribution is -0.122. The van der Waals surface area contributed by atoms with Gasteiger partial charge in [0.05, 0.1) is 0 Å². The van der Waals surface area contributed by atoms with Gasteiger partial charge in [-0.05, 0) is 61.7 Å². The summed E-state index contributed by atoms with van der Waals surface area (Å²) in [5.74, 6) is 1.35. The third kappa shape index (κ3) is 6.19. The topological polar surface area (TPSA) is 41.1 Å². The number of rotatable bonds is 6. The minimum atomic E-state index is 0. The lowest BCUT2D eigenvalue weighted by atomic mass is 9.84. The molecule has 1 unspecified atom stereocenters. The molecule has 22 heavy (non-hydrogen) atoms. The number of halogens is 1. The van der Waals surface area contributed by atoms with Crippen molar-refractivity contribution in [3.8, 4) is 0 Å². The smallest absolute Gasteiger partial charge is 0.220 e. The van der Waals surface area contributed by atoms with E-state index in [0.29, 0.717) is 24.8 Å². The van der Waals surface area contributed by atoms with Crippen molar-refractivity contribution in [1.29, 1.82) is 0 Å². The van der Waals surface area contributed by atoms with E-state index in [2.05, 4.69) is 48.1 Å². The zero-order valence-corrected chi connectivity index (χ0v) is 15.1. The average Bonchev–Trinajstić information content (AvgIpc) is 2.54. The van der Waals surface area contributed by atoms with Gasteiger partial charge in [0, 0.05) is 17.9 Å². The van der Waals surface area contributed by atoms with Crippen LogP contribution < -0.4 is 10.6 Å². The molecule has 1 saturated heterocycles. The van der Waals surface area contributed by atoms with Crippen LogP contribution in [-0.4, -0.2) is 25.3 Å². The summed E-state index contributed by atoms with van der Waals surface area (Å²) in [6, 6.07) is 8.37. The van der Waals surface area contributed by atoms with Crippen molar-refractivity contribution in [2.75, 3.05) is 19.3 Å². The largest absolute Gasteiger partial charge is 0.352 e. The Morgan fingerprint density at radius 3 is 2.55 bits per heavy atom. The number of carbonyl (C=O) groups excluding carboxylic acids is 1. The lowest BCUT2D eigenvalue weighted by Gasteiger charge is -2.27. The number of benzene rings is 1. The van der Waals surface area contributed by atoms with Crippen LogP contribution in [0.5, 0.6) is 0 Å². The van der Waals surface area contributed by atoms with Crippen molar-refractivity contribution in [1.82, 2.24) is 10.6 Å². The molecule has 0 radical (unpaired) electrons. The summed E-state index contributed by atoms with van der Waals surface area (Å²) in [7, 11) is 0. The van der Waals surface area contributed by atoms with E-state index in [1.54, 1.807) is 11.8 Å². The second-order valence-corrected chi connectivity index (χ2v) is 6.77. The molecule has 5 heteroatoms. The first-order valence-corrected chi connectivity index (χ1v) is 9.02. The number of nitrogens with one attached hydrogen (secondary N) is 2. The van der Waals surface area contributed by atoms with Crippen molar-refractivity contribution >= 4 is 30.1 Å². The zero-order valence-electron chi connectivity index (χ0n) is 13.4. The van der Waals surface area contributed by atoms with Gasteiger partial charge in [-0.25, -0.2) is 0 Å². The fraction of sp³-hybridized carbons (Fsp3) is 0.588. The van der Waals surface area contributed by atoms with Gasteiger partial charge in [0.2, 0.25) is 5.91 Å². The predicted molar refractivity (Wildman–Crippen MR) is 96.7 cm³/mol. The van der Waals surface area contributed by atoms with Crippen LogP contribution in [0.25, 0.3) is 0 Å². The Bertz CT molecular complexity index is 446. The van der Waals surface area contributed by atoms with Gasteiger partial charge in [-0.2, -0.15) is 0 Å². The highest BCUT2D eigenvalue weighted by Gasteiger charge is 2.21.